The molecule has 6 nitrogen and oxygen atoms in total. The minimum absolute atomic E-state index is 0.113. The quantitative estimate of drug-likeness (QED) is 0.465. The van der Waals surface area contributed by atoms with Gasteiger partial charge in [-0.15, -0.1) is 0 Å². The third-order valence-electron chi connectivity index (χ3n) is 0.798. The van der Waals surface area contributed by atoms with Crippen LogP contribution < -0.4 is 11.4 Å². The largest absolute Gasteiger partial charge is 0.368 e. The number of anilines is 1. The maximum atomic E-state index is 10.4. The lowest BCUT2D eigenvalue weighted by Gasteiger charge is -1.88. The average Bonchev–Trinajstić information content (AvgIpc) is 1.85. The van der Waals surface area contributed by atoms with Gasteiger partial charge in [0.05, 0.1) is 0 Å². The van der Waals surface area contributed by atoms with E-state index >= 15 is 0 Å². The molecule has 0 amide bonds. The van der Waals surface area contributed by atoms with Gasteiger partial charge in [0.2, 0.25) is 5.95 Å². The SMILES string of the molecule is Nc1nc(C=O)[nH]c(=O)n1. The van der Waals surface area contributed by atoms with E-state index in [2.05, 4.69) is 15.0 Å². The molecular weight excluding hydrogens is 136 g/mol. The Bertz CT molecular complexity index is 304. The van der Waals surface area contributed by atoms with Gasteiger partial charge in [-0.05, 0) is 0 Å². The second kappa shape index (κ2) is 2.26. The molecular formula is C4H4N4O2. The third-order valence-corrected chi connectivity index (χ3v) is 0.798. The Kier molecular flexibility index (Phi) is 1.44. The lowest BCUT2D eigenvalue weighted by Crippen LogP contribution is -2.16. The Morgan fingerprint density at radius 2 is 2.20 bits per heavy atom. The zero-order valence-corrected chi connectivity index (χ0v) is 4.87. The van der Waals surface area contributed by atoms with E-state index in [9.17, 15) is 9.59 Å². The van der Waals surface area contributed by atoms with E-state index in [4.69, 9.17) is 5.73 Å². The summed E-state index contributed by atoms with van der Waals surface area (Å²) >= 11 is 0. The molecule has 6 heteroatoms. The second-order valence-corrected chi connectivity index (χ2v) is 1.52. The molecule has 1 aromatic heterocycles. The minimum Gasteiger partial charge on any atom is -0.368 e. The summed E-state index contributed by atoms with van der Waals surface area (Å²) in [6.45, 7) is 0. The number of nitrogen functional groups attached to an aromatic ring is 1. The van der Waals surface area contributed by atoms with Gasteiger partial charge in [0.15, 0.2) is 12.1 Å². The summed E-state index contributed by atoms with van der Waals surface area (Å²) in [5, 5.41) is 0. The fourth-order valence-electron chi connectivity index (χ4n) is 0.474. The highest BCUT2D eigenvalue weighted by Crippen LogP contribution is 1.82. The smallest absolute Gasteiger partial charge is 0.349 e. The van der Waals surface area contributed by atoms with Crippen LogP contribution in [0.4, 0.5) is 5.95 Å². The van der Waals surface area contributed by atoms with Crippen LogP contribution in [-0.4, -0.2) is 21.2 Å². The molecule has 52 valence electrons. The molecule has 0 radical (unpaired) electrons. The van der Waals surface area contributed by atoms with Crippen LogP contribution in [-0.2, 0) is 0 Å². The van der Waals surface area contributed by atoms with Gasteiger partial charge in [-0.2, -0.15) is 9.97 Å². The van der Waals surface area contributed by atoms with Crippen LogP contribution in [0.25, 0.3) is 0 Å². The molecule has 0 atom stereocenters. The van der Waals surface area contributed by atoms with E-state index in [0.717, 1.165) is 0 Å². The van der Waals surface area contributed by atoms with Crippen molar-refractivity contribution >= 4 is 12.2 Å². The van der Waals surface area contributed by atoms with Crippen LogP contribution in [0.1, 0.15) is 10.6 Å². The topological polar surface area (TPSA) is 102 Å². The number of hydrogen-bond acceptors (Lipinski definition) is 5. The van der Waals surface area contributed by atoms with Gasteiger partial charge in [0, 0.05) is 0 Å². The lowest BCUT2D eigenvalue weighted by atomic mass is 10.7. The van der Waals surface area contributed by atoms with Crippen LogP contribution in [0.15, 0.2) is 4.79 Å². The fourth-order valence-corrected chi connectivity index (χ4v) is 0.474. The van der Waals surface area contributed by atoms with Crippen molar-refractivity contribution in [2.75, 3.05) is 5.73 Å². The summed E-state index contributed by atoms with van der Waals surface area (Å²) in [7, 11) is 0. The van der Waals surface area contributed by atoms with Crippen molar-refractivity contribution in [3.8, 4) is 0 Å². The number of nitrogens with two attached hydrogens (primary N) is 1. The molecule has 10 heavy (non-hydrogen) atoms. The summed E-state index contributed by atoms with van der Waals surface area (Å²) in [6, 6.07) is 0. The summed E-state index contributed by atoms with van der Waals surface area (Å²) in [5.41, 5.74) is 4.36. The Balaban J connectivity index is 3.32. The highest BCUT2D eigenvalue weighted by Gasteiger charge is 1.95. The molecule has 0 aliphatic heterocycles. The third kappa shape index (κ3) is 1.16. The van der Waals surface area contributed by atoms with E-state index < -0.39 is 5.69 Å². The number of H-pyrrole nitrogens is 1. The number of nitrogens with one attached hydrogen (secondary N) is 1. The van der Waals surface area contributed by atoms with Crippen molar-refractivity contribution < 1.29 is 4.79 Å². The molecule has 1 heterocycles. The number of aromatic nitrogens is 3. The van der Waals surface area contributed by atoms with Crippen LogP contribution in [0.3, 0.4) is 0 Å². The Morgan fingerprint density at radius 3 is 2.70 bits per heavy atom. The van der Waals surface area contributed by atoms with E-state index in [1.165, 1.54) is 0 Å². The van der Waals surface area contributed by atoms with Gasteiger partial charge in [-0.3, -0.25) is 9.78 Å². The average molecular weight is 140 g/mol. The summed E-state index contributed by atoms with van der Waals surface area (Å²) in [6.07, 6.45) is 0.388. The maximum Gasteiger partial charge on any atom is 0.349 e. The summed E-state index contributed by atoms with van der Waals surface area (Å²) in [5.74, 6) is -0.316. The lowest BCUT2D eigenvalue weighted by molar-refractivity contribution is 0.111. The van der Waals surface area contributed by atoms with Gasteiger partial charge < -0.3 is 5.73 Å². The van der Waals surface area contributed by atoms with Gasteiger partial charge in [-0.25, -0.2) is 4.79 Å². The molecule has 3 N–H and O–H groups in total. The van der Waals surface area contributed by atoms with Gasteiger partial charge in [-0.1, -0.05) is 0 Å². The first kappa shape index (κ1) is 6.40. The number of aromatic amines is 1. The van der Waals surface area contributed by atoms with Crippen molar-refractivity contribution in [1.29, 1.82) is 0 Å². The second-order valence-electron chi connectivity index (χ2n) is 1.52. The van der Waals surface area contributed by atoms with Crippen molar-refractivity contribution in [3.05, 3.63) is 16.3 Å². The molecule has 0 spiro atoms. The monoisotopic (exact) mass is 140 g/mol. The van der Waals surface area contributed by atoms with E-state index in [-0.39, 0.29) is 11.8 Å². The minimum atomic E-state index is -0.672. The van der Waals surface area contributed by atoms with Gasteiger partial charge in [0.25, 0.3) is 0 Å². The number of carbonyl (C=O) groups is 1. The van der Waals surface area contributed by atoms with E-state index in [1.807, 2.05) is 0 Å². The number of nitrogens with zero attached hydrogens (tertiary/aromatic N) is 2. The molecule has 1 aromatic rings. The van der Waals surface area contributed by atoms with E-state index in [0.29, 0.717) is 6.29 Å². The first-order valence-electron chi connectivity index (χ1n) is 2.41. The highest BCUT2D eigenvalue weighted by atomic mass is 16.1. The molecule has 0 unspecified atom stereocenters. The van der Waals surface area contributed by atoms with E-state index in [1.54, 1.807) is 0 Å². The predicted molar refractivity (Wildman–Crippen MR) is 32.5 cm³/mol. The zero-order chi connectivity index (χ0) is 7.56. The molecule has 1 rings (SSSR count). The van der Waals surface area contributed by atoms with Crippen LogP contribution in [0.5, 0.6) is 0 Å². The van der Waals surface area contributed by atoms with Crippen molar-refractivity contribution in [2.24, 2.45) is 0 Å². The number of aldehydes is 1. The maximum absolute atomic E-state index is 10.4. The summed E-state index contributed by atoms with van der Waals surface area (Å²) in [4.78, 5) is 29.1. The standard InChI is InChI=1S/C4H4N4O2/c5-3-6-2(1-9)7-4(10)8-3/h1H,(H3,5,6,7,8,10). The van der Waals surface area contributed by atoms with Crippen LogP contribution in [0, 0.1) is 0 Å². The highest BCUT2D eigenvalue weighted by molar-refractivity contribution is 5.68. The zero-order valence-electron chi connectivity index (χ0n) is 4.87. The molecule has 0 aliphatic carbocycles. The van der Waals surface area contributed by atoms with Crippen molar-refractivity contribution in [1.82, 2.24) is 15.0 Å². The fraction of sp³-hybridized carbons (Fsp3) is 0. The Labute approximate surface area is 55.1 Å². The van der Waals surface area contributed by atoms with Crippen LogP contribution in [0.2, 0.25) is 0 Å². The molecule has 0 aromatic carbocycles. The van der Waals surface area contributed by atoms with Gasteiger partial charge >= 0.3 is 5.69 Å². The Hall–Kier alpha value is -1.72. The predicted octanol–water partition coefficient (Wildman–Crippen LogP) is -1.44. The number of rotatable bonds is 1. The molecule has 0 fully saturated rings. The molecule has 0 bridgehead atoms. The number of carbonyl (C=O) groups excluding carboxylic acids is 1. The van der Waals surface area contributed by atoms with Gasteiger partial charge in [0.1, 0.15) is 0 Å². The van der Waals surface area contributed by atoms with Crippen molar-refractivity contribution in [3.63, 3.8) is 0 Å². The first-order valence-corrected chi connectivity index (χ1v) is 2.41. The normalized spacial score (nSPS) is 9.20. The molecule has 0 saturated heterocycles. The van der Waals surface area contributed by atoms with Crippen LogP contribution >= 0.6 is 0 Å². The molecule has 0 aliphatic rings. The first-order chi connectivity index (χ1) is 4.72. The number of hydrogen-bond donors (Lipinski definition) is 2. The Morgan fingerprint density at radius 1 is 1.50 bits per heavy atom. The molecule has 0 saturated carbocycles. The van der Waals surface area contributed by atoms with Crippen molar-refractivity contribution in [2.45, 2.75) is 0 Å². The summed E-state index contributed by atoms with van der Waals surface area (Å²) < 4.78 is 0.